The van der Waals surface area contributed by atoms with Crippen LogP contribution in [-0.2, 0) is 14.9 Å². The number of aromatic nitrogens is 1. The third kappa shape index (κ3) is 2.51. The van der Waals surface area contributed by atoms with Crippen molar-refractivity contribution in [3.63, 3.8) is 0 Å². The fourth-order valence-electron chi connectivity index (χ4n) is 1.31. The van der Waals surface area contributed by atoms with Gasteiger partial charge in [-0.05, 0) is 12.1 Å². The molecule has 1 unspecified atom stereocenters. The van der Waals surface area contributed by atoms with Gasteiger partial charge in [0, 0.05) is 5.41 Å². The second-order valence-corrected chi connectivity index (χ2v) is 4.38. The van der Waals surface area contributed by atoms with Gasteiger partial charge in [0.25, 0.3) is 0 Å². The van der Waals surface area contributed by atoms with E-state index in [1.54, 1.807) is 32.0 Å². The molecular weight excluding hydrogens is 230 g/mol. The second-order valence-electron chi connectivity index (χ2n) is 3.99. The van der Waals surface area contributed by atoms with E-state index in [1.807, 2.05) is 0 Å². The topological polar surface area (TPSA) is 59.4 Å². The van der Waals surface area contributed by atoms with Crippen LogP contribution in [0.4, 0.5) is 0 Å². The van der Waals surface area contributed by atoms with Crippen molar-refractivity contribution in [2.75, 3.05) is 7.11 Å². The Morgan fingerprint density at radius 1 is 1.56 bits per heavy atom. The Kier molecular flexibility index (Phi) is 3.88. The number of hydrogen-bond acceptors (Lipinski definition) is 4. The number of halogens is 1. The van der Waals surface area contributed by atoms with Crippen LogP contribution in [0.15, 0.2) is 18.2 Å². The van der Waals surface area contributed by atoms with Gasteiger partial charge in [-0.2, -0.15) is 0 Å². The third-order valence-electron chi connectivity index (χ3n) is 2.48. The number of hydrogen-bond donors (Lipinski definition) is 1. The zero-order valence-electron chi connectivity index (χ0n) is 9.40. The highest BCUT2D eigenvalue weighted by Gasteiger charge is 2.37. The Hall–Kier alpha value is -1.13. The molecule has 1 aromatic rings. The third-order valence-corrected chi connectivity index (χ3v) is 2.69. The van der Waals surface area contributed by atoms with Gasteiger partial charge in [-0.1, -0.05) is 31.5 Å². The smallest absolute Gasteiger partial charge is 0.335 e. The Bertz CT molecular complexity index is 393. The molecule has 0 saturated carbocycles. The molecule has 1 atom stereocenters. The molecule has 0 spiro atoms. The number of aliphatic hydroxyl groups is 1. The average Bonchev–Trinajstić information content (AvgIpc) is 2.27. The molecule has 0 aliphatic heterocycles. The summed E-state index contributed by atoms with van der Waals surface area (Å²) in [7, 11) is 1.23. The molecule has 0 bridgehead atoms. The predicted molar refractivity (Wildman–Crippen MR) is 60.3 cm³/mol. The van der Waals surface area contributed by atoms with Crippen LogP contribution in [0.1, 0.15) is 19.5 Å². The van der Waals surface area contributed by atoms with Crippen molar-refractivity contribution in [3.05, 3.63) is 29.0 Å². The number of rotatable bonds is 3. The molecule has 88 valence electrons. The van der Waals surface area contributed by atoms with Crippen molar-refractivity contribution in [2.45, 2.75) is 25.4 Å². The first-order valence-electron chi connectivity index (χ1n) is 4.78. The maximum atomic E-state index is 11.3. The Labute approximate surface area is 99.2 Å². The summed E-state index contributed by atoms with van der Waals surface area (Å²) in [6.45, 7) is 3.40. The fraction of sp³-hybridized carbons (Fsp3) is 0.455. The number of ether oxygens (including phenoxy) is 1. The van der Waals surface area contributed by atoms with Crippen LogP contribution in [0.3, 0.4) is 0 Å². The molecule has 16 heavy (non-hydrogen) atoms. The Morgan fingerprint density at radius 2 is 2.19 bits per heavy atom. The summed E-state index contributed by atoms with van der Waals surface area (Å²) in [4.78, 5) is 15.4. The molecule has 1 N–H and O–H groups in total. The molecule has 0 aliphatic carbocycles. The van der Waals surface area contributed by atoms with E-state index in [0.29, 0.717) is 10.8 Å². The van der Waals surface area contributed by atoms with Crippen molar-refractivity contribution < 1.29 is 14.6 Å². The molecule has 0 amide bonds. The summed E-state index contributed by atoms with van der Waals surface area (Å²) in [5, 5.41) is 10.2. The molecule has 1 aromatic heterocycles. The van der Waals surface area contributed by atoms with Crippen LogP contribution in [0, 0.1) is 0 Å². The summed E-state index contributed by atoms with van der Waals surface area (Å²) in [5.41, 5.74) is -0.309. The highest BCUT2D eigenvalue weighted by atomic mass is 35.5. The lowest BCUT2D eigenvalue weighted by Crippen LogP contribution is -2.41. The van der Waals surface area contributed by atoms with Crippen molar-refractivity contribution in [1.82, 2.24) is 4.98 Å². The van der Waals surface area contributed by atoms with Gasteiger partial charge in [0.2, 0.25) is 0 Å². The van der Waals surface area contributed by atoms with Crippen LogP contribution >= 0.6 is 11.6 Å². The number of pyridine rings is 1. The molecule has 1 heterocycles. The summed E-state index contributed by atoms with van der Waals surface area (Å²) < 4.78 is 4.50. The molecule has 0 radical (unpaired) electrons. The van der Waals surface area contributed by atoms with Crippen molar-refractivity contribution >= 4 is 17.6 Å². The van der Waals surface area contributed by atoms with Gasteiger partial charge >= 0.3 is 5.97 Å². The summed E-state index contributed by atoms with van der Waals surface area (Å²) in [5.74, 6) is -0.688. The van der Waals surface area contributed by atoms with E-state index in [9.17, 15) is 9.90 Å². The average molecular weight is 244 g/mol. The maximum absolute atomic E-state index is 11.3. The van der Waals surface area contributed by atoms with E-state index in [4.69, 9.17) is 11.6 Å². The number of methoxy groups -OCH3 is 1. The van der Waals surface area contributed by atoms with E-state index in [1.165, 1.54) is 7.11 Å². The molecule has 1 rings (SSSR count). The van der Waals surface area contributed by atoms with E-state index in [2.05, 4.69) is 9.72 Å². The molecule has 0 fully saturated rings. The first-order valence-corrected chi connectivity index (χ1v) is 5.16. The van der Waals surface area contributed by atoms with E-state index in [-0.39, 0.29) is 0 Å². The maximum Gasteiger partial charge on any atom is 0.335 e. The second kappa shape index (κ2) is 4.80. The zero-order chi connectivity index (χ0) is 12.3. The first-order chi connectivity index (χ1) is 7.39. The minimum atomic E-state index is -1.27. The number of carbonyl (C=O) groups is 1. The van der Waals surface area contributed by atoms with Gasteiger partial charge in [-0.15, -0.1) is 0 Å². The lowest BCUT2D eigenvalue weighted by Gasteiger charge is -2.27. The van der Waals surface area contributed by atoms with Crippen LogP contribution in [0.2, 0.25) is 5.15 Å². The predicted octanol–water partition coefficient (Wildman–Crippen LogP) is 1.55. The van der Waals surface area contributed by atoms with Gasteiger partial charge in [0.05, 0.1) is 12.8 Å². The molecular formula is C11H14ClNO3. The van der Waals surface area contributed by atoms with Gasteiger partial charge < -0.3 is 9.84 Å². The number of nitrogens with zero attached hydrogens (tertiary/aromatic N) is 1. The van der Waals surface area contributed by atoms with Gasteiger partial charge in [0.15, 0.2) is 6.10 Å². The lowest BCUT2D eigenvalue weighted by molar-refractivity contribution is -0.153. The van der Waals surface area contributed by atoms with Crippen LogP contribution in [0.25, 0.3) is 0 Å². The molecule has 0 aromatic carbocycles. The van der Waals surface area contributed by atoms with Crippen LogP contribution < -0.4 is 0 Å². The largest absolute Gasteiger partial charge is 0.467 e. The highest BCUT2D eigenvalue weighted by Crippen LogP contribution is 2.27. The normalized spacial score (nSPS) is 13.3. The monoisotopic (exact) mass is 243 g/mol. The van der Waals surface area contributed by atoms with Crippen molar-refractivity contribution in [2.24, 2.45) is 0 Å². The SMILES string of the molecule is COC(=O)C(O)C(C)(C)c1cccc(Cl)n1. The number of aliphatic hydroxyl groups excluding tert-OH is 1. The Balaban J connectivity index is 3.05. The van der Waals surface area contributed by atoms with E-state index in [0.717, 1.165) is 0 Å². The fourth-order valence-corrected chi connectivity index (χ4v) is 1.48. The van der Waals surface area contributed by atoms with E-state index < -0.39 is 17.5 Å². The summed E-state index contributed by atoms with van der Waals surface area (Å²) >= 11 is 5.76. The lowest BCUT2D eigenvalue weighted by atomic mass is 9.82. The summed E-state index contributed by atoms with van der Waals surface area (Å²) in [6, 6.07) is 5.06. The molecule has 5 heteroatoms. The Morgan fingerprint density at radius 3 is 2.69 bits per heavy atom. The standard InChI is InChI=1S/C11H14ClNO3/c1-11(2,9(14)10(15)16-3)7-5-4-6-8(12)13-7/h4-6,9,14H,1-3H3. The number of carbonyl (C=O) groups excluding carboxylic acids is 1. The molecule has 0 aliphatic rings. The van der Waals surface area contributed by atoms with Crippen molar-refractivity contribution in [3.8, 4) is 0 Å². The minimum Gasteiger partial charge on any atom is -0.467 e. The first kappa shape index (κ1) is 12.9. The van der Waals surface area contributed by atoms with Gasteiger partial charge in [-0.3, -0.25) is 0 Å². The van der Waals surface area contributed by atoms with Crippen LogP contribution in [-0.4, -0.2) is 29.3 Å². The van der Waals surface area contributed by atoms with Gasteiger partial charge in [-0.25, -0.2) is 9.78 Å². The minimum absolute atomic E-state index is 0.322. The zero-order valence-corrected chi connectivity index (χ0v) is 10.2. The molecule has 0 saturated heterocycles. The van der Waals surface area contributed by atoms with Crippen molar-refractivity contribution in [1.29, 1.82) is 0 Å². The highest BCUT2D eigenvalue weighted by molar-refractivity contribution is 6.29. The number of esters is 1. The van der Waals surface area contributed by atoms with Gasteiger partial charge in [0.1, 0.15) is 5.15 Å². The quantitative estimate of drug-likeness (QED) is 0.646. The van der Waals surface area contributed by atoms with E-state index >= 15 is 0 Å². The molecule has 4 nitrogen and oxygen atoms in total. The van der Waals surface area contributed by atoms with Crippen LogP contribution in [0.5, 0.6) is 0 Å². The summed E-state index contributed by atoms with van der Waals surface area (Å²) in [6.07, 6.45) is -1.27.